The number of carbonyl (C=O) groups excluding carboxylic acids is 1. The molecule has 0 saturated heterocycles. The molecule has 2 aromatic heterocycles. The van der Waals surface area contributed by atoms with Crippen molar-refractivity contribution in [2.24, 2.45) is 0 Å². The van der Waals surface area contributed by atoms with Gasteiger partial charge in [0.05, 0.1) is 17.4 Å². The Labute approximate surface area is 133 Å². The van der Waals surface area contributed by atoms with Crippen LogP contribution in [0.25, 0.3) is 5.69 Å². The highest BCUT2D eigenvalue weighted by molar-refractivity contribution is 6.06. The molecule has 1 aliphatic heterocycles. The van der Waals surface area contributed by atoms with Crippen molar-refractivity contribution in [1.82, 2.24) is 24.3 Å². The van der Waals surface area contributed by atoms with Crippen LogP contribution in [-0.2, 0) is 13.0 Å². The molecule has 3 aromatic rings. The van der Waals surface area contributed by atoms with E-state index in [0.29, 0.717) is 11.3 Å². The average Bonchev–Trinajstić information content (AvgIpc) is 3.25. The summed E-state index contributed by atoms with van der Waals surface area (Å²) in [6, 6.07) is 7.32. The molecule has 23 heavy (non-hydrogen) atoms. The highest BCUT2D eigenvalue weighted by Crippen LogP contribution is 2.21. The predicted molar refractivity (Wildman–Crippen MR) is 84.5 cm³/mol. The number of hydrogen-bond donors (Lipinski definition) is 1. The van der Waals surface area contributed by atoms with Gasteiger partial charge < -0.3 is 9.88 Å². The van der Waals surface area contributed by atoms with Gasteiger partial charge in [-0.2, -0.15) is 5.10 Å². The van der Waals surface area contributed by atoms with Crippen LogP contribution in [0.4, 0.5) is 5.82 Å². The van der Waals surface area contributed by atoms with Crippen molar-refractivity contribution in [2.45, 2.75) is 25.8 Å². The quantitative estimate of drug-likeness (QED) is 0.803. The molecule has 7 heteroatoms. The first kappa shape index (κ1) is 13.7. The van der Waals surface area contributed by atoms with E-state index >= 15 is 0 Å². The van der Waals surface area contributed by atoms with E-state index in [4.69, 9.17) is 0 Å². The van der Waals surface area contributed by atoms with Crippen LogP contribution in [0.15, 0.2) is 43.1 Å². The van der Waals surface area contributed by atoms with Gasteiger partial charge in [0, 0.05) is 13.0 Å². The number of imidazole rings is 1. The van der Waals surface area contributed by atoms with Gasteiger partial charge in [0.2, 0.25) is 0 Å². The number of carbonyl (C=O) groups is 1. The highest BCUT2D eigenvalue weighted by Gasteiger charge is 2.18. The van der Waals surface area contributed by atoms with Crippen molar-refractivity contribution in [3.05, 3.63) is 54.5 Å². The SMILES string of the molecule is O=C(Nc1cnc2n1CCCC2)c1ccccc1-n1cncn1. The molecule has 7 nitrogen and oxygen atoms in total. The molecule has 0 unspecified atom stereocenters. The fourth-order valence-electron chi connectivity index (χ4n) is 2.90. The van der Waals surface area contributed by atoms with Gasteiger partial charge in [-0.15, -0.1) is 0 Å². The van der Waals surface area contributed by atoms with Crippen LogP contribution in [0.3, 0.4) is 0 Å². The van der Waals surface area contributed by atoms with Crippen molar-refractivity contribution in [3.63, 3.8) is 0 Å². The maximum Gasteiger partial charge on any atom is 0.259 e. The zero-order chi connectivity index (χ0) is 15.6. The number of para-hydroxylation sites is 1. The van der Waals surface area contributed by atoms with Gasteiger partial charge in [0.1, 0.15) is 24.3 Å². The monoisotopic (exact) mass is 308 g/mol. The number of hydrogen-bond acceptors (Lipinski definition) is 4. The van der Waals surface area contributed by atoms with Gasteiger partial charge in [-0.05, 0) is 25.0 Å². The average molecular weight is 308 g/mol. The van der Waals surface area contributed by atoms with E-state index < -0.39 is 0 Å². The molecule has 1 aromatic carbocycles. The first-order chi connectivity index (χ1) is 11.3. The fraction of sp³-hybridized carbons (Fsp3) is 0.250. The number of benzene rings is 1. The third kappa shape index (κ3) is 2.50. The maximum atomic E-state index is 12.7. The molecule has 0 aliphatic carbocycles. The number of fused-ring (bicyclic) bond motifs is 1. The summed E-state index contributed by atoms with van der Waals surface area (Å²) < 4.78 is 3.67. The Morgan fingerprint density at radius 3 is 3.00 bits per heavy atom. The molecule has 4 rings (SSSR count). The Kier molecular flexibility index (Phi) is 3.38. The zero-order valence-corrected chi connectivity index (χ0v) is 12.5. The summed E-state index contributed by atoms with van der Waals surface area (Å²) >= 11 is 0. The molecular weight excluding hydrogens is 292 g/mol. The summed E-state index contributed by atoms with van der Waals surface area (Å²) in [6.07, 6.45) is 7.98. The van der Waals surface area contributed by atoms with E-state index in [0.717, 1.165) is 37.4 Å². The number of anilines is 1. The Morgan fingerprint density at radius 2 is 2.13 bits per heavy atom. The molecule has 0 radical (unpaired) electrons. The van der Waals surface area contributed by atoms with E-state index in [9.17, 15) is 4.79 Å². The Bertz CT molecular complexity index is 836. The summed E-state index contributed by atoms with van der Waals surface area (Å²) in [4.78, 5) is 21.0. The lowest BCUT2D eigenvalue weighted by atomic mass is 10.1. The summed E-state index contributed by atoms with van der Waals surface area (Å²) in [6.45, 7) is 0.898. The number of rotatable bonds is 3. The van der Waals surface area contributed by atoms with Crippen LogP contribution in [0.2, 0.25) is 0 Å². The van der Waals surface area contributed by atoms with E-state index in [1.165, 1.54) is 6.33 Å². The largest absolute Gasteiger partial charge is 0.315 e. The van der Waals surface area contributed by atoms with Crippen molar-refractivity contribution in [1.29, 1.82) is 0 Å². The number of aryl methyl sites for hydroxylation is 1. The second-order valence-electron chi connectivity index (χ2n) is 5.48. The van der Waals surface area contributed by atoms with Gasteiger partial charge in [0.25, 0.3) is 5.91 Å². The van der Waals surface area contributed by atoms with Crippen molar-refractivity contribution >= 4 is 11.7 Å². The number of aromatic nitrogens is 5. The Balaban J connectivity index is 1.64. The van der Waals surface area contributed by atoms with Gasteiger partial charge in [0.15, 0.2) is 0 Å². The molecule has 0 atom stereocenters. The number of nitrogens with one attached hydrogen (secondary N) is 1. The van der Waals surface area contributed by atoms with E-state index in [1.807, 2.05) is 18.2 Å². The van der Waals surface area contributed by atoms with E-state index in [-0.39, 0.29) is 5.91 Å². The summed E-state index contributed by atoms with van der Waals surface area (Å²) in [5.74, 6) is 1.61. The third-order valence-electron chi connectivity index (χ3n) is 4.03. The van der Waals surface area contributed by atoms with Crippen LogP contribution >= 0.6 is 0 Å². The van der Waals surface area contributed by atoms with Crippen LogP contribution in [0, 0.1) is 0 Å². The minimum atomic E-state index is -0.177. The highest BCUT2D eigenvalue weighted by atomic mass is 16.1. The van der Waals surface area contributed by atoms with Gasteiger partial charge in [-0.25, -0.2) is 14.6 Å². The maximum absolute atomic E-state index is 12.7. The topological polar surface area (TPSA) is 77.6 Å². The minimum absolute atomic E-state index is 0.177. The molecule has 1 N–H and O–H groups in total. The standard InChI is InChI=1S/C16H16N6O/c23-16(20-15-9-18-14-7-3-4-8-21(14)15)12-5-1-2-6-13(12)22-11-17-10-19-22/h1-2,5-6,9-11H,3-4,7-8H2,(H,20,23). The van der Waals surface area contributed by atoms with Crippen LogP contribution in [-0.4, -0.2) is 30.2 Å². The van der Waals surface area contributed by atoms with Crippen LogP contribution in [0.1, 0.15) is 29.0 Å². The fourth-order valence-corrected chi connectivity index (χ4v) is 2.90. The second-order valence-corrected chi connectivity index (χ2v) is 5.48. The van der Waals surface area contributed by atoms with Gasteiger partial charge in [-0.3, -0.25) is 4.79 Å². The van der Waals surface area contributed by atoms with Crippen LogP contribution < -0.4 is 5.32 Å². The van der Waals surface area contributed by atoms with E-state index in [2.05, 4.69) is 25.0 Å². The molecular formula is C16H16N6O. The normalized spacial score (nSPS) is 13.6. The molecule has 1 amide bonds. The first-order valence-electron chi connectivity index (χ1n) is 7.63. The van der Waals surface area contributed by atoms with Gasteiger partial charge >= 0.3 is 0 Å². The lowest BCUT2D eigenvalue weighted by Crippen LogP contribution is -2.19. The van der Waals surface area contributed by atoms with Crippen molar-refractivity contribution in [3.8, 4) is 5.69 Å². The number of nitrogens with zero attached hydrogens (tertiary/aromatic N) is 5. The molecule has 116 valence electrons. The van der Waals surface area contributed by atoms with Crippen LogP contribution in [0.5, 0.6) is 0 Å². The molecule has 0 saturated carbocycles. The predicted octanol–water partition coefficient (Wildman–Crippen LogP) is 2.05. The number of amides is 1. The van der Waals surface area contributed by atoms with Gasteiger partial charge in [-0.1, -0.05) is 12.1 Å². The lowest BCUT2D eigenvalue weighted by Gasteiger charge is -2.17. The molecule has 3 heterocycles. The zero-order valence-electron chi connectivity index (χ0n) is 12.5. The Morgan fingerprint density at radius 1 is 1.22 bits per heavy atom. The molecule has 1 aliphatic rings. The summed E-state index contributed by atoms with van der Waals surface area (Å²) in [5, 5.41) is 7.07. The summed E-state index contributed by atoms with van der Waals surface area (Å²) in [7, 11) is 0. The first-order valence-corrected chi connectivity index (χ1v) is 7.63. The Hall–Kier alpha value is -2.96. The second kappa shape index (κ2) is 5.68. The third-order valence-corrected chi connectivity index (χ3v) is 4.03. The molecule has 0 bridgehead atoms. The minimum Gasteiger partial charge on any atom is -0.315 e. The summed E-state index contributed by atoms with van der Waals surface area (Å²) in [5.41, 5.74) is 1.24. The van der Waals surface area contributed by atoms with E-state index in [1.54, 1.807) is 23.3 Å². The van der Waals surface area contributed by atoms with Crippen molar-refractivity contribution < 1.29 is 4.79 Å². The molecule has 0 fully saturated rings. The lowest BCUT2D eigenvalue weighted by molar-refractivity contribution is 0.102. The van der Waals surface area contributed by atoms with Crippen molar-refractivity contribution in [2.75, 3.05) is 5.32 Å². The molecule has 0 spiro atoms. The smallest absolute Gasteiger partial charge is 0.259 e.